The van der Waals surface area contributed by atoms with Crippen molar-refractivity contribution in [1.82, 2.24) is 9.97 Å². The first-order chi connectivity index (χ1) is 8.85. The first-order valence-corrected chi connectivity index (χ1v) is 6.56. The van der Waals surface area contributed by atoms with Gasteiger partial charge in [0.15, 0.2) is 5.82 Å². The molecule has 2 rings (SSSR count). The van der Waals surface area contributed by atoms with Gasteiger partial charge in [0.1, 0.15) is 10.8 Å². The Morgan fingerprint density at radius 2 is 2.05 bits per heavy atom. The first-order valence-electron chi connectivity index (χ1n) is 6.15. The highest BCUT2D eigenvalue weighted by Crippen LogP contribution is 2.34. The van der Waals surface area contributed by atoms with Crippen molar-refractivity contribution < 1.29 is 8.78 Å². The second kappa shape index (κ2) is 5.32. The number of hydrogen-bond acceptors (Lipinski definition) is 4. The van der Waals surface area contributed by atoms with Crippen LogP contribution < -0.4 is 11.1 Å². The fourth-order valence-corrected chi connectivity index (χ4v) is 2.24. The van der Waals surface area contributed by atoms with Crippen LogP contribution in [-0.4, -0.2) is 26.9 Å². The van der Waals surface area contributed by atoms with Crippen molar-refractivity contribution in [2.75, 3.05) is 5.32 Å². The second-order valence-electron chi connectivity index (χ2n) is 4.86. The van der Waals surface area contributed by atoms with Gasteiger partial charge in [-0.3, -0.25) is 0 Å². The zero-order chi connectivity index (χ0) is 14.0. The molecule has 1 aromatic heterocycles. The molecule has 0 unspecified atom stereocenters. The van der Waals surface area contributed by atoms with E-state index in [1.807, 2.05) is 6.92 Å². The van der Waals surface area contributed by atoms with Crippen LogP contribution in [0.3, 0.4) is 0 Å². The Balaban J connectivity index is 2.05. The molecule has 3 N–H and O–H groups in total. The third kappa shape index (κ3) is 3.79. The zero-order valence-electron chi connectivity index (χ0n) is 10.6. The Bertz CT molecular complexity index is 483. The molecule has 0 amide bonds. The maximum atomic E-state index is 13.1. The Kier molecular flexibility index (Phi) is 3.93. The monoisotopic (exact) mass is 286 g/mol. The molecule has 0 radical (unpaired) electrons. The molecule has 19 heavy (non-hydrogen) atoms. The molecular formula is C12H16F2N4S. The highest BCUT2D eigenvalue weighted by Gasteiger charge is 2.34. The van der Waals surface area contributed by atoms with Crippen molar-refractivity contribution in [3.63, 3.8) is 0 Å². The average Bonchev–Trinajstić information content (AvgIpc) is 2.31. The van der Waals surface area contributed by atoms with Crippen molar-refractivity contribution in [2.45, 2.75) is 44.6 Å². The lowest BCUT2D eigenvalue weighted by molar-refractivity contribution is -0.0361. The number of nitrogens with one attached hydrogen (secondary N) is 1. The molecule has 4 nitrogen and oxygen atoms in total. The highest BCUT2D eigenvalue weighted by atomic mass is 32.1. The molecule has 0 aromatic carbocycles. The standard InChI is InChI=1S/C12H16F2N4S/c1-7-6-9(18-11(16-7)10(15)19)17-8-2-4-12(13,14)5-3-8/h6,8H,2-5H2,1H3,(H2,15,19)(H,16,17,18). The summed E-state index contributed by atoms with van der Waals surface area (Å²) in [7, 11) is 0. The predicted octanol–water partition coefficient (Wildman–Crippen LogP) is 2.41. The third-order valence-electron chi connectivity index (χ3n) is 3.14. The van der Waals surface area contributed by atoms with Crippen molar-refractivity contribution in [1.29, 1.82) is 0 Å². The van der Waals surface area contributed by atoms with Crippen molar-refractivity contribution in [2.24, 2.45) is 5.73 Å². The van der Waals surface area contributed by atoms with Gasteiger partial charge in [0, 0.05) is 30.6 Å². The maximum Gasteiger partial charge on any atom is 0.248 e. The summed E-state index contributed by atoms with van der Waals surface area (Å²) < 4.78 is 26.1. The lowest BCUT2D eigenvalue weighted by atomic mass is 9.92. The van der Waals surface area contributed by atoms with E-state index in [1.165, 1.54) is 0 Å². The normalized spacial score (nSPS) is 19.1. The van der Waals surface area contributed by atoms with Crippen LogP contribution in [0, 0.1) is 6.92 Å². The van der Waals surface area contributed by atoms with E-state index in [1.54, 1.807) is 6.07 Å². The van der Waals surface area contributed by atoms with Crippen LogP contribution in [0.2, 0.25) is 0 Å². The van der Waals surface area contributed by atoms with Gasteiger partial charge in [0.25, 0.3) is 0 Å². The van der Waals surface area contributed by atoms with Gasteiger partial charge in [-0.1, -0.05) is 12.2 Å². The van der Waals surface area contributed by atoms with Gasteiger partial charge in [-0.15, -0.1) is 0 Å². The number of aromatic nitrogens is 2. The first kappa shape index (κ1) is 14.0. The lowest BCUT2D eigenvalue weighted by Crippen LogP contribution is -2.32. The summed E-state index contributed by atoms with van der Waals surface area (Å²) in [6.07, 6.45) is 0.685. The van der Waals surface area contributed by atoms with Gasteiger partial charge in [-0.25, -0.2) is 18.7 Å². The summed E-state index contributed by atoms with van der Waals surface area (Å²) in [4.78, 5) is 8.43. The number of hydrogen-bond donors (Lipinski definition) is 2. The molecule has 0 spiro atoms. The number of thiocarbonyl (C=S) groups is 1. The van der Waals surface area contributed by atoms with E-state index < -0.39 is 5.92 Å². The number of halogens is 2. The molecule has 0 saturated heterocycles. The fraction of sp³-hybridized carbons (Fsp3) is 0.583. The molecule has 1 fully saturated rings. The van der Waals surface area contributed by atoms with E-state index in [0.717, 1.165) is 5.69 Å². The number of alkyl halides is 2. The second-order valence-corrected chi connectivity index (χ2v) is 5.30. The van der Waals surface area contributed by atoms with Crippen molar-refractivity contribution in [3.8, 4) is 0 Å². The smallest absolute Gasteiger partial charge is 0.248 e. The van der Waals surface area contributed by atoms with Gasteiger partial charge >= 0.3 is 0 Å². The zero-order valence-corrected chi connectivity index (χ0v) is 11.4. The lowest BCUT2D eigenvalue weighted by Gasteiger charge is -2.29. The number of nitrogens with zero attached hydrogens (tertiary/aromatic N) is 2. The predicted molar refractivity (Wildman–Crippen MR) is 73.5 cm³/mol. The van der Waals surface area contributed by atoms with Crippen LogP contribution in [0.25, 0.3) is 0 Å². The Labute approximate surface area is 115 Å². The molecule has 1 heterocycles. The van der Waals surface area contributed by atoms with Gasteiger partial charge in [0.05, 0.1) is 0 Å². The molecular weight excluding hydrogens is 270 g/mol. The van der Waals surface area contributed by atoms with Crippen LogP contribution in [0.15, 0.2) is 6.07 Å². The molecule has 0 atom stereocenters. The minimum atomic E-state index is -2.52. The summed E-state index contributed by atoms with van der Waals surface area (Å²) >= 11 is 4.84. The number of nitrogens with two attached hydrogens (primary N) is 1. The minimum absolute atomic E-state index is 0.00752. The number of anilines is 1. The van der Waals surface area contributed by atoms with Crippen LogP contribution in [0.4, 0.5) is 14.6 Å². The van der Waals surface area contributed by atoms with Crippen LogP contribution in [-0.2, 0) is 0 Å². The van der Waals surface area contributed by atoms with Gasteiger partial charge < -0.3 is 11.1 Å². The van der Waals surface area contributed by atoms with Crippen molar-refractivity contribution >= 4 is 23.0 Å². The SMILES string of the molecule is Cc1cc(NC2CCC(F)(F)CC2)nc(C(N)=S)n1. The fourth-order valence-electron chi connectivity index (χ4n) is 2.15. The van der Waals surface area contributed by atoms with Gasteiger partial charge in [0.2, 0.25) is 5.92 Å². The molecule has 104 valence electrons. The summed E-state index contributed by atoms with van der Waals surface area (Å²) in [5, 5.41) is 3.16. The molecule has 0 aliphatic heterocycles. The largest absolute Gasteiger partial charge is 0.387 e. The Morgan fingerprint density at radius 1 is 1.42 bits per heavy atom. The highest BCUT2D eigenvalue weighted by molar-refractivity contribution is 7.80. The molecule has 1 aliphatic rings. The molecule has 7 heteroatoms. The van der Waals surface area contributed by atoms with E-state index in [0.29, 0.717) is 24.5 Å². The molecule has 1 saturated carbocycles. The Hall–Kier alpha value is -1.37. The summed E-state index contributed by atoms with van der Waals surface area (Å²) in [5.74, 6) is -1.63. The number of aryl methyl sites for hydroxylation is 1. The third-order valence-corrected chi connectivity index (χ3v) is 3.33. The Morgan fingerprint density at radius 3 is 2.63 bits per heavy atom. The van der Waals surface area contributed by atoms with E-state index in [4.69, 9.17) is 18.0 Å². The van der Waals surface area contributed by atoms with Crippen LogP contribution >= 0.6 is 12.2 Å². The van der Waals surface area contributed by atoms with Crippen LogP contribution in [0.1, 0.15) is 37.2 Å². The van der Waals surface area contributed by atoms with Gasteiger partial charge in [-0.2, -0.15) is 0 Å². The maximum absolute atomic E-state index is 13.1. The average molecular weight is 286 g/mol. The summed E-state index contributed by atoms with van der Waals surface area (Å²) in [6, 6.07) is 1.77. The minimum Gasteiger partial charge on any atom is -0.387 e. The quantitative estimate of drug-likeness (QED) is 0.835. The van der Waals surface area contributed by atoms with Crippen LogP contribution in [0.5, 0.6) is 0 Å². The van der Waals surface area contributed by atoms with E-state index in [-0.39, 0.29) is 23.9 Å². The van der Waals surface area contributed by atoms with Crippen molar-refractivity contribution in [3.05, 3.63) is 17.6 Å². The molecule has 0 bridgehead atoms. The van der Waals surface area contributed by atoms with E-state index in [2.05, 4.69) is 15.3 Å². The summed E-state index contributed by atoms with van der Waals surface area (Å²) in [5.41, 5.74) is 6.24. The summed E-state index contributed by atoms with van der Waals surface area (Å²) in [6.45, 7) is 1.81. The van der Waals surface area contributed by atoms with E-state index >= 15 is 0 Å². The van der Waals surface area contributed by atoms with Gasteiger partial charge in [-0.05, 0) is 19.8 Å². The topological polar surface area (TPSA) is 63.8 Å². The molecule has 1 aliphatic carbocycles. The van der Waals surface area contributed by atoms with E-state index in [9.17, 15) is 8.78 Å². The number of rotatable bonds is 3. The molecule has 1 aromatic rings.